The fraction of sp³-hybridized carbons (Fsp3) is 0.273. The Kier molecular flexibility index (Phi) is 5.91. The molecule has 0 unspecified atom stereocenters. The van der Waals surface area contributed by atoms with Crippen LogP contribution >= 0.6 is 11.6 Å². The Labute approximate surface area is 170 Å². The van der Waals surface area contributed by atoms with Crippen molar-refractivity contribution in [1.82, 2.24) is 9.78 Å². The first-order valence-corrected chi connectivity index (χ1v) is 9.50. The summed E-state index contributed by atoms with van der Waals surface area (Å²) in [6.45, 7) is 7.04. The molecule has 6 heteroatoms. The molecule has 0 spiro atoms. The zero-order chi connectivity index (χ0) is 20.3. The van der Waals surface area contributed by atoms with Crippen molar-refractivity contribution in [2.45, 2.75) is 39.8 Å². The highest BCUT2D eigenvalue weighted by Gasteiger charge is 2.18. The van der Waals surface area contributed by atoms with E-state index in [4.69, 9.17) is 22.1 Å². The maximum atomic E-state index is 9.51. The summed E-state index contributed by atoms with van der Waals surface area (Å²) in [5.74, 6) is 0.936. The third-order valence-corrected chi connectivity index (χ3v) is 5.12. The van der Waals surface area contributed by atoms with E-state index in [1.807, 2.05) is 31.2 Å². The van der Waals surface area contributed by atoms with E-state index < -0.39 is 0 Å². The number of benzene rings is 2. The Morgan fingerprint density at radius 3 is 2.64 bits per heavy atom. The molecule has 0 fully saturated rings. The minimum absolute atomic E-state index is 0.237. The lowest BCUT2D eigenvalue weighted by atomic mass is 9.98. The van der Waals surface area contributed by atoms with Crippen molar-refractivity contribution in [3.05, 3.63) is 75.3 Å². The van der Waals surface area contributed by atoms with Crippen LogP contribution in [0.1, 0.15) is 47.6 Å². The quantitative estimate of drug-likeness (QED) is 0.634. The van der Waals surface area contributed by atoms with Crippen LogP contribution in [0.15, 0.2) is 42.5 Å². The minimum atomic E-state index is 0.237. The molecule has 0 saturated heterocycles. The second-order valence-electron chi connectivity index (χ2n) is 7.06. The Morgan fingerprint density at radius 1 is 1.21 bits per heavy atom. The van der Waals surface area contributed by atoms with Crippen LogP contribution in [0.2, 0.25) is 5.02 Å². The van der Waals surface area contributed by atoms with Gasteiger partial charge in [-0.2, -0.15) is 5.26 Å². The lowest BCUT2D eigenvalue weighted by Crippen LogP contribution is -2.07. The summed E-state index contributed by atoms with van der Waals surface area (Å²) in [5.41, 5.74) is 10.7. The van der Waals surface area contributed by atoms with Crippen molar-refractivity contribution < 1.29 is 4.74 Å². The number of rotatable bonds is 6. The van der Waals surface area contributed by atoms with E-state index in [1.165, 1.54) is 5.56 Å². The average molecular weight is 395 g/mol. The van der Waals surface area contributed by atoms with E-state index in [2.05, 4.69) is 43.2 Å². The first kappa shape index (κ1) is 19.8. The van der Waals surface area contributed by atoms with Crippen molar-refractivity contribution in [1.29, 1.82) is 5.26 Å². The normalized spacial score (nSPS) is 10.9. The fourth-order valence-corrected chi connectivity index (χ4v) is 3.11. The molecular weight excluding hydrogens is 372 g/mol. The van der Waals surface area contributed by atoms with Crippen molar-refractivity contribution in [3.8, 4) is 11.9 Å². The van der Waals surface area contributed by atoms with E-state index >= 15 is 0 Å². The molecule has 3 aromatic rings. The predicted molar refractivity (Wildman–Crippen MR) is 112 cm³/mol. The standard InChI is InChI=1S/C22H23ClN4O/c1-14(2)16-9-8-15(3)18(10-16)13-28-22-19(11-24)21(25)27(26-22)12-17-6-4-5-7-20(17)23/h4-10,14H,12-13,25H2,1-3H3. The molecule has 3 rings (SSSR count). The van der Waals surface area contributed by atoms with Crippen molar-refractivity contribution in [2.24, 2.45) is 0 Å². The number of hydrogen-bond donors (Lipinski definition) is 1. The third-order valence-electron chi connectivity index (χ3n) is 4.75. The number of hydrogen-bond acceptors (Lipinski definition) is 4. The summed E-state index contributed by atoms with van der Waals surface area (Å²) in [6, 6.07) is 15.9. The molecule has 28 heavy (non-hydrogen) atoms. The number of nitrogens with two attached hydrogens (primary N) is 1. The van der Waals surface area contributed by atoms with Gasteiger partial charge in [0, 0.05) is 5.02 Å². The number of nitriles is 1. The number of ether oxygens (including phenoxy) is 1. The molecule has 2 aromatic carbocycles. The van der Waals surface area contributed by atoms with Crippen molar-refractivity contribution in [2.75, 3.05) is 5.73 Å². The van der Waals surface area contributed by atoms with Gasteiger partial charge in [-0.25, -0.2) is 4.68 Å². The number of anilines is 1. The highest BCUT2D eigenvalue weighted by molar-refractivity contribution is 6.31. The molecule has 0 aliphatic heterocycles. The van der Waals surface area contributed by atoms with Gasteiger partial charge in [0.05, 0.1) is 6.54 Å². The smallest absolute Gasteiger partial charge is 0.253 e. The van der Waals surface area contributed by atoms with Crippen LogP contribution in [0.4, 0.5) is 5.82 Å². The molecule has 0 radical (unpaired) electrons. The van der Waals surface area contributed by atoms with Crippen LogP contribution in [-0.4, -0.2) is 9.78 Å². The fourth-order valence-electron chi connectivity index (χ4n) is 2.92. The molecule has 144 valence electrons. The largest absolute Gasteiger partial charge is 0.471 e. The van der Waals surface area contributed by atoms with E-state index in [1.54, 1.807) is 4.68 Å². The summed E-state index contributed by atoms with van der Waals surface area (Å²) in [6.07, 6.45) is 0. The maximum absolute atomic E-state index is 9.51. The van der Waals surface area contributed by atoms with Crippen LogP contribution in [0.5, 0.6) is 5.88 Å². The second kappa shape index (κ2) is 8.37. The number of aryl methyl sites for hydroxylation is 1. The van der Waals surface area contributed by atoms with E-state index in [-0.39, 0.29) is 17.3 Å². The highest BCUT2D eigenvalue weighted by atomic mass is 35.5. The molecule has 0 atom stereocenters. The molecule has 5 nitrogen and oxygen atoms in total. The highest BCUT2D eigenvalue weighted by Crippen LogP contribution is 2.27. The van der Waals surface area contributed by atoms with Gasteiger partial charge in [0.1, 0.15) is 18.5 Å². The topological polar surface area (TPSA) is 76.9 Å². The number of nitrogens with zero attached hydrogens (tertiary/aromatic N) is 3. The van der Waals surface area contributed by atoms with E-state index in [0.717, 1.165) is 16.7 Å². The van der Waals surface area contributed by atoms with E-state index in [9.17, 15) is 5.26 Å². The van der Waals surface area contributed by atoms with Crippen molar-refractivity contribution >= 4 is 17.4 Å². The van der Waals surface area contributed by atoms with Gasteiger partial charge in [-0.1, -0.05) is 61.8 Å². The lowest BCUT2D eigenvalue weighted by molar-refractivity contribution is 0.288. The monoisotopic (exact) mass is 394 g/mol. The molecular formula is C22H23ClN4O. The molecule has 0 aliphatic rings. The third kappa shape index (κ3) is 4.13. The van der Waals surface area contributed by atoms with Gasteiger partial charge in [0.2, 0.25) is 0 Å². The number of halogens is 1. The Morgan fingerprint density at radius 2 is 1.96 bits per heavy atom. The summed E-state index contributed by atoms with van der Waals surface area (Å²) in [4.78, 5) is 0. The predicted octanol–water partition coefficient (Wildman–Crippen LogP) is 5.05. The van der Waals surface area contributed by atoms with Gasteiger partial charge in [-0.3, -0.25) is 0 Å². The van der Waals surface area contributed by atoms with Gasteiger partial charge >= 0.3 is 0 Å². The molecule has 0 amide bonds. The van der Waals surface area contributed by atoms with Crippen LogP contribution in [0.25, 0.3) is 0 Å². The maximum Gasteiger partial charge on any atom is 0.253 e. The van der Waals surface area contributed by atoms with Crippen LogP contribution in [0.3, 0.4) is 0 Å². The van der Waals surface area contributed by atoms with Crippen LogP contribution in [-0.2, 0) is 13.2 Å². The first-order chi connectivity index (χ1) is 13.4. The zero-order valence-electron chi connectivity index (χ0n) is 16.2. The summed E-state index contributed by atoms with van der Waals surface area (Å²) in [5, 5.41) is 14.5. The molecule has 0 aliphatic carbocycles. The Bertz CT molecular complexity index is 1030. The molecule has 0 bridgehead atoms. The number of aromatic nitrogens is 2. The summed E-state index contributed by atoms with van der Waals surface area (Å²) >= 11 is 6.23. The first-order valence-electron chi connectivity index (χ1n) is 9.12. The number of nitrogen functional groups attached to an aromatic ring is 1. The summed E-state index contributed by atoms with van der Waals surface area (Å²) < 4.78 is 7.44. The van der Waals surface area contributed by atoms with Gasteiger partial charge in [0.15, 0.2) is 5.56 Å². The second-order valence-corrected chi connectivity index (χ2v) is 7.46. The SMILES string of the molecule is Cc1ccc(C(C)C)cc1COc1nn(Cc2ccccc2Cl)c(N)c1C#N. The van der Waals surface area contributed by atoms with Gasteiger partial charge in [-0.05, 0) is 41.2 Å². The van der Waals surface area contributed by atoms with E-state index in [0.29, 0.717) is 24.1 Å². The zero-order valence-corrected chi connectivity index (χ0v) is 17.0. The van der Waals surface area contributed by atoms with Crippen LogP contribution < -0.4 is 10.5 Å². The average Bonchev–Trinajstić information content (AvgIpc) is 2.97. The van der Waals surface area contributed by atoms with Gasteiger partial charge in [-0.15, -0.1) is 5.10 Å². The summed E-state index contributed by atoms with van der Waals surface area (Å²) in [7, 11) is 0. The molecule has 0 saturated carbocycles. The van der Waals surface area contributed by atoms with Crippen LogP contribution in [0, 0.1) is 18.3 Å². The van der Waals surface area contributed by atoms with Crippen molar-refractivity contribution in [3.63, 3.8) is 0 Å². The lowest BCUT2D eigenvalue weighted by Gasteiger charge is -2.11. The van der Waals surface area contributed by atoms with Gasteiger partial charge < -0.3 is 10.5 Å². The Hall–Kier alpha value is -2.97. The molecule has 1 heterocycles. The minimum Gasteiger partial charge on any atom is -0.471 e. The Balaban J connectivity index is 1.84. The molecule has 1 aromatic heterocycles. The molecule has 2 N–H and O–H groups in total. The van der Waals surface area contributed by atoms with Gasteiger partial charge in [0.25, 0.3) is 5.88 Å².